The van der Waals surface area contributed by atoms with Gasteiger partial charge in [-0.15, -0.1) is 0 Å². The first-order valence-corrected chi connectivity index (χ1v) is 10.3. The number of hydrogen-bond donors (Lipinski definition) is 2. The molecular weight excluding hydrogens is 384 g/mol. The van der Waals surface area contributed by atoms with Crippen LogP contribution in [0.15, 0.2) is 53.4 Å². The van der Waals surface area contributed by atoms with Crippen LogP contribution < -0.4 is 10.6 Å². The zero-order valence-corrected chi connectivity index (χ0v) is 16.6. The van der Waals surface area contributed by atoms with Gasteiger partial charge in [-0.1, -0.05) is 36.0 Å². The summed E-state index contributed by atoms with van der Waals surface area (Å²) < 4.78 is 24.7. The topological polar surface area (TPSA) is 27.3 Å². The summed E-state index contributed by atoms with van der Waals surface area (Å²) in [6.45, 7) is 4.05. The van der Waals surface area contributed by atoms with Crippen LogP contribution in [0.3, 0.4) is 0 Å². The first-order chi connectivity index (χ1) is 13.1. The molecule has 3 rings (SSSR count). The van der Waals surface area contributed by atoms with Crippen LogP contribution in [0.2, 0.25) is 0 Å². The summed E-state index contributed by atoms with van der Waals surface area (Å²) in [5.41, 5.74) is 3.27. The van der Waals surface area contributed by atoms with E-state index in [0.29, 0.717) is 28.3 Å². The van der Waals surface area contributed by atoms with Gasteiger partial charge in [0.1, 0.15) is 0 Å². The van der Waals surface area contributed by atoms with Crippen molar-refractivity contribution in [1.82, 2.24) is 10.2 Å². The third-order valence-electron chi connectivity index (χ3n) is 4.42. The smallest absolute Gasteiger partial charge is 0.288 e. The maximum Gasteiger partial charge on any atom is 0.288 e. The standard InChI is InChI=1S/C20H23F2N3S2/c21-19(22)27-18-9-7-17(8-10-18)24-20(26)23-13-15-3-5-16(6-4-15)14-25-11-1-2-12-25/h3-10,19H,1-2,11-14H2,(H2,23,24,26). The zero-order valence-electron chi connectivity index (χ0n) is 15.0. The quantitative estimate of drug-likeness (QED) is 0.493. The number of nitrogens with zero attached hydrogens (tertiary/aromatic N) is 1. The van der Waals surface area contributed by atoms with E-state index in [-0.39, 0.29) is 0 Å². The maximum atomic E-state index is 12.3. The molecule has 144 valence electrons. The number of likely N-dealkylation sites (tertiary alicyclic amines) is 1. The molecule has 0 unspecified atom stereocenters. The molecule has 3 nitrogen and oxygen atoms in total. The minimum atomic E-state index is -2.41. The van der Waals surface area contributed by atoms with Crippen molar-refractivity contribution in [2.24, 2.45) is 0 Å². The summed E-state index contributed by atoms with van der Waals surface area (Å²) in [6, 6.07) is 15.4. The van der Waals surface area contributed by atoms with Crippen LogP contribution >= 0.6 is 24.0 Å². The average Bonchev–Trinajstić information content (AvgIpc) is 3.15. The molecule has 0 bridgehead atoms. The van der Waals surface area contributed by atoms with Gasteiger partial charge in [0.2, 0.25) is 0 Å². The Labute approximate surface area is 168 Å². The fraction of sp³-hybridized carbons (Fsp3) is 0.350. The molecular formula is C20H23F2N3S2. The summed E-state index contributed by atoms with van der Waals surface area (Å²) in [7, 11) is 0. The summed E-state index contributed by atoms with van der Waals surface area (Å²) in [4.78, 5) is 3.01. The number of halogens is 2. The highest BCUT2D eigenvalue weighted by molar-refractivity contribution is 7.99. The van der Waals surface area contributed by atoms with Crippen LogP contribution in [0.25, 0.3) is 0 Å². The van der Waals surface area contributed by atoms with Gasteiger partial charge in [-0.3, -0.25) is 4.90 Å². The number of rotatable bonds is 7. The number of thioether (sulfide) groups is 1. The zero-order chi connectivity index (χ0) is 19.1. The second-order valence-electron chi connectivity index (χ2n) is 6.51. The van der Waals surface area contributed by atoms with Crippen LogP contribution in [0, 0.1) is 0 Å². The SMILES string of the molecule is FC(F)Sc1ccc(NC(=S)NCc2ccc(CN3CCCC3)cc2)cc1. The fourth-order valence-corrected chi connectivity index (χ4v) is 3.73. The van der Waals surface area contributed by atoms with E-state index in [0.717, 1.165) is 17.8 Å². The van der Waals surface area contributed by atoms with Crippen molar-refractivity contribution in [3.05, 3.63) is 59.7 Å². The van der Waals surface area contributed by atoms with E-state index in [2.05, 4.69) is 39.8 Å². The predicted molar refractivity (Wildman–Crippen MR) is 112 cm³/mol. The Morgan fingerprint density at radius 1 is 1.00 bits per heavy atom. The van der Waals surface area contributed by atoms with Gasteiger partial charge in [0, 0.05) is 23.7 Å². The van der Waals surface area contributed by atoms with Crippen molar-refractivity contribution in [3.63, 3.8) is 0 Å². The Hall–Kier alpha value is -1.70. The minimum Gasteiger partial charge on any atom is -0.358 e. The van der Waals surface area contributed by atoms with Crippen LogP contribution in [0.1, 0.15) is 24.0 Å². The van der Waals surface area contributed by atoms with Crippen molar-refractivity contribution >= 4 is 34.8 Å². The Morgan fingerprint density at radius 3 is 2.26 bits per heavy atom. The van der Waals surface area contributed by atoms with Gasteiger partial charge in [-0.25, -0.2) is 0 Å². The van der Waals surface area contributed by atoms with Crippen molar-refractivity contribution in [2.45, 2.75) is 36.6 Å². The summed E-state index contributed by atoms with van der Waals surface area (Å²) in [6.07, 6.45) is 2.61. The number of alkyl halides is 2. The fourth-order valence-electron chi connectivity index (χ4n) is 3.04. The number of anilines is 1. The molecule has 0 spiro atoms. The van der Waals surface area contributed by atoms with Gasteiger partial charge in [0.25, 0.3) is 5.76 Å². The van der Waals surface area contributed by atoms with Crippen LogP contribution in [-0.4, -0.2) is 28.9 Å². The van der Waals surface area contributed by atoms with E-state index < -0.39 is 5.76 Å². The van der Waals surface area contributed by atoms with Gasteiger partial charge in [-0.05, 0) is 73.5 Å². The molecule has 0 amide bonds. The Bertz CT molecular complexity index is 730. The second-order valence-corrected chi connectivity index (χ2v) is 7.98. The van der Waals surface area contributed by atoms with Crippen LogP contribution in [-0.2, 0) is 13.1 Å². The van der Waals surface area contributed by atoms with E-state index in [1.807, 2.05) is 0 Å². The first kappa shape index (κ1) is 20.0. The van der Waals surface area contributed by atoms with Gasteiger partial charge >= 0.3 is 0 Å². The summed E-state index contributed by atoms with van der Waals surface area (Å²) in [5, 5.41) is 6.75. The Balaban J connectivity index is 1.43. The molecule has 0 saturated carbocycles. The van der Waals surface area contributed by atoms with Crippen molar-refractivity contribution in [3.8, 4) is 0 Å². The van der Waals surface area contributed by atoms with E-state index >= 15 is 0 Å². The molecule has 0 radical (unpaired) electrons. The largest absolute Gasteiger partial charge is 0.358 e. The third-order valence-corrected chi connectivity index (χ3v) is 5.39. The molecule has 1 heterocycles. The van der Waals surface area contributed by atoms with Crippen molar-refractivity contribution < 1.29 is 8.78 Å². The van der Waals surface area contributed by atoms with Gasteiger partial charge in [0.15, 0.2) is 5.11 Å². The highest BCUT2D eigenvalue weighted by Crippen LogP contribution is 2.26. The molecule has 1 saturated heterocycles. The van der Waals surface area contributed by atoms with Gasteiger partial charge in [0.05, 0.1) is 0 Å². The molecule has 2 aromatic rings. The van der Waals surface area contributed by atoms with Crippen molar-refractivity contribution in [1.29, 1.82) is 0 Å². The Morgan fingerprint density at radius 2 is 1.63 bits per heavy atom. The highest BCUT2D eigenvalue weighted by Gasteiger charge is 2.11. The summed E-state index contributed by atoms with van der Waals surface area (Å²) in [5.74, 6) is -2.41. The first-order valence-electron chi connectivity index (χ1n) is 8.98. The van der Waals surface area contributed by atoms with E-state index in [4.69, 9.17) is 12.2 Å². The number of thiocarbonyl (C=S) groups is 1. The molecule has 0 aromatic heterocycles. The molecule has 1 aliphatic rings. The van der Waals surface area contributed by atoms with Gasteiger partial charge in [-0.2, -0.15) is 8.78 Å². The summed E-state index contributed by atoms with van der Waals surface area (Å²) >= 11 is 5.84. The lowest BCUT2D eigenvalue weighted by Gasteiger charge is -2.15. The lowest BCUT2D eigenvalue weighted by atomic mass is 10.1. The maximum absolute atomic E-state index is 12.3. The molecule has 1 aliphatic heterocycles. The van der Waals surface area contributed by atoms with E-state index in [1.54, 1.807) is 24.3 Å². The van der Waals surface area contributed by atoms with E-state index in [9.17, 15) is 8.78 Å². The monoisotopic (exact) mass is 407 g/mol. The number of nitrogens with one attached hydrogen (secondary N) is 2. The van der Waals surface area contributed by atoms with E-state index in [1.165, 1.54) is 31.5 Å². The molecule has 27 heavy (non-hydrogen) atoms. The normalized spacial score (nSPS) is 14.5. The molecule has 0 atom stereocenters. The number of benzene rings is 2. The third kappa shape index (κ3) is 6.75. The number of hydrogen-bond acceptors (Lipinski definition) is 3. The molecule has 1 fully saturated rings. The molecule has 2 N–H and O–H groups in total. The van der Waals surface area contributed by atoms with Crippen molar-refractivity contribution in [2.75, 3.05) is 18.4 Å². The minimum absolute atomic E-state index is 0.505. The average molecular weight is 408 g/mol. The molecule has 2 aromatic carbocycles. The predicted octanol–water partition coefficient (Wildman–Crippen LogP) is 5.08. The molecule has 7 heteroatoms. The second kappa shape index (κ2) is 10.0. The van der Waals surface area contributed by atoms with Crippen LogP contribution in [0.5, 0.6) is 0 Å². The lowest BCUT2D eigenvalue weighted by molar-refractivity contribution is 0.252. The van der Waals surface area contributed by atoms with Crippen LogP contribution in [0.4, 0.5) is 14.5 Å². The molecule has 0 aliphatic carbocycles. The van der Waals surface area contributed by atoms with Gasteiger partial charge < -0.3 is 10.6 Å². The highest BCUT2D eigenvalue weighted by atomic mass is 32.2. The Kier molecular flexibility index (Phi) is 7.43. The lowest BCUT2D eigenvalue weighted by Crippen LogP contribution is -2.27.